The van der Waals surface area contributed by atoms with Crippen LogP contribution in [0.2, 0.25) is 0 Å². The molecule has 0 heterocycles. The molecule has 164 valence electrons. The predicted octanol–water partition coefficient (Wildman–Crippen LogP) is 3.66. The van der Waals surface area contributed by atoms with Gasteiger partial charge in [-0.15, -0.1) is 24.0 Å². The number of nitrogens with one attached hydrogen (secondary N) is 2. The number of benzene rings is 1. The summed E-state index contributed by atoms with van der Waals surface area (Å²) < 4.78 is 5.66. The zero-order chi connectivity index (χ0) is 20.2. The highest BCUT2D eigenvalue weighted by Crippen LogP contribution is 2.28. The van der Waals surface area contributed by atoms with E-state index in [2.05, 4.69) is 22.5 Å². The van der Waals surface area contributed by atoms with E-state index in [0.29, 0.717) is 6.54 Å². The first-order chi connectivity index (χ1) is 13.7. The molecule has 6 nitrogen and oxygen atoms in total. The van der Waals surface area contributed by atoms with Crippen LogP contribution in [0.5, 0.6) is 0 Å². The Labute approximate surface area is 192 Å². The van der Waals surface area contributed by atoms with Crippen molar-refractivity contribution in [3.63, 3.8) is 0 Å². The molecule has 0 radical (unpaired) electrons. The summed E-state index contributed by atoms with van der Waals surface area (Å²) in [5.41, 5.74) is 1.81. The minimum absolute atomic E-state index is 0. The Bertz CT molecular complexity index is 614. The summed E-state index contributed by atoms with van der Waals surface area (Å²) >= 11 is 0. The van der Waals surface area contributed by atoms with Gasteiger partial charge >= 0.3 is 0 Å². The number of amides is 1. The number of aliphatic imine (C=N–C) groups is 1. The molecule has 0 unspecified atom stereocenters. The van der Waals surface area contributed by atoms with Crippen LogP contribution >= 0.6 is 24.0 Å². The molecule has 0 atom stereocenters. The molecule has 0 spiro atoms. The van der Waals surface area contributed by atoms with Gasteiger partial charge in [0, 0.05) is 45.0 Å². The van der Waals surface area contributed by atoms with Crippen LogP contribution in [0.3, 0.4) is 0 Å². The van der Waals surface area contributed by atoms with Gasteiger partial charge < -0.3 is 20.3 Å². The largest absolute Gasteiger partial charge is 0.381 e. The second kappa shape index (κ2) is 14.6. The fraction of sp³-hybridized carbons (Fsp3) is 0.636. The topological polar surface area (TPSA) is 66.0 Å². The number of ether oxygens (including phenoxy) is 1. The number of guanidine groups is 1. The zero-order valence-corrected chi connectivity index (χ0v) is 20.4. The number of hydrogen-bond donors (Lipinski definition) is 2. The van der Waals surface area contributed by atoms with E-state index in [-0.39, 0.29) is 29.9 Å². The Hall–Kier alpha value is -1.35. The van der Waals surface area contributed by atoms with Gasteiger partial charge in [-0.2, -0.15) is 0 Å². The quantitative estimate of drug-likeness (QED) is 0.193. The molecule has 1 aromatic carbocycles. The minimum atomic E-state index is 0. The molecule has 1 fully saturated rings. The summed E-state index contributed by atoms with van der Waals surface area (Å²) in [6, 6.07) is 7.75. The van der Waals surface area contributed by atoms with Crippen molar-refractivity contribution < 1.29 is 9.53 Å². The molecule has 1 aromatic rings. The molecule has 0 aliphatic heterocycles. The maximum absolute atomic E-state index is 12.4. The Balaban J connectivity index is 0.00000420. The van der Waals surface area contributed by atoms with Gasteiger partial charge in [0.05, 0.1) is 6.54 Å². The molecule has 0 aromatic heterocycles. The molecule has 1 saturated carbocycles. The summed E-state index contributed by atoms with van der Waals surface area (Å²) in [5.74, 6) is 1.72. The molecule has 1 aliphatic carbocycles. The van der Waals surface area contributed by atoms with Gasteiger partial charge in [-0.25, -0.2) is 4.99 Å². The first-order valence-corrected chi connectivity index (χ1v) is 10.7. The first kappa shape index (κ1) is 25.7. The minimum Gasteiger partial charge on any atom is -0.381 e. The molecular weight excluding hydrogens is 479 g/mol. The van der Waals surface area contributed by atoms with Crippen LogP contribution in [0.1, 0.15) is 56.0 Å². The molecule has 2 rings (SSSR count). The van der Waals surface area contributed by atoms with Gasteiger partial charge in [0.15, 0.2) is 5.96 Å². The monoisotopic (exact) mass is 516 g/mol. The van der Waals surface area contributed by atoms with E-state index in [4.69, 9.17) is 4.74 Å². The van der Waals surface area contributed by atoms with Crippen LogP contribution in [0, 0.1) is 5.92 Å². The fourth-order valence-electron chi connectivity index (χ4n) is 2.87. The van der Waals surface area contributed by atoms with Gasteiger partial charge in [0.2, 0.25) is 0 Å². The van der Waals surface area contributed by atoms with Crippen LogP contribution in [0.15, 0.2) is 29.3 Å². The number of rotatable bonds is 12. The van der Waals surface area contributed by atoms with Crippen molar-refractivity contribution in [2.45, 2.75) is 46.6 Å². The van der Waals surface area contributed by atoms with E-state index < -0.39 is 0 Å². The van der Waals surface area contributed by atoms with Crippen molar-refractivity contribution in [3.05, 3.63) is 35.4 Å². The Kier molecular flexibility index (Phi) is 12.9. The van der Waals surface area contributed by atoms with Crippen molar-refractivity contribution in [1.29, 1.82) is 0 Å². The summed E-state index contributed by atoms with van der Waals surface area (Å²) in [7, 11) is 0. The standard InChI is InChI=1S/C22H36N4O2.HI/c1-4-23-22(24-14-7-15-28-17-19-8-9-19)25-16-18-10-12-20(13-11-18)21(27)26(5-2)6-3;/h10-13,19H,4-9,14-17H2,1-3H3,(H2,23,24,25);1H. The third kappa shape index (κ3) is 9.80. The number of carbonyl (C=O) groups excluding carboxylic acids is 1. The Morgan fingerprint density at radius 1 is 1.14 bits per heavy atom. The number of nitrogens with zero attached hydrogens (tertiary/aromatic N) is 2. The highest BCUT2D eigenvalue weighted by atomic mass is 127. The molecule has 0 bridgehead atoms. The second-order valence-electron chi connectivity index (χ2n) is 7.17. The number of halogens is 1. The molecule has 7 heteroatoms. The second-order valence-corrected chi connectivity index (χ2v) is 7.17. The summed E-state index contributed by atoms with van der Waals surface area (Å²) in [4.78, 5) is 18.8. The summed E-state index contributed by atoms with van der Waals surface area (Å²) in [5, 5.41) is 6.62. The maximum Gasteiger partial charge on any atom is 0.253 e. The van der Waals surface area contributed by atoms with Crippen LogP contribution in [-0.4, -0.2) is 56.2 Å². The van der Waals surface area contributed by atoms with Gasteiger partial charge in [-0.05, 0) is 63.6 Å². The molecule has 29 heavy (non-hydrogen) atoms. The van der Waals surface area contributed by atoms with E-state index in [1.54, 1.807) is 0 Å². The van der Waals surface area contributed by atoms with Gasteiger partial charge in [-0.3, -0.25) is 4.79 Å². The van der Waals surface area contributed by atoms with Crippen LogP contribution in [0.25, 0.3) is 0 Å². The fourth-order valence-corrected chi connectivity index (χ4v) is 2.87. The molecule has 1 aliphatic rings. The van der Waals surface area contributed by atoms with Crippen LogP contribution < -0.4 is 10.6 Å². The van der Waals surface area contributed by atoms with Crippen molar-refractivity contribution in [1.82, 2.24) is 15.5 Å². The summed E-state index contributed by atoms with van der Waals surface area (Å²) in [6.07, 6.45) is 3.64. The molecular formula is C22H37IN4O2. The van der Waals surface area contributed by atoms with E-state index >= 15 is 0 Å². The van der Waals surface area contributed by atoms with Crippen LogP contribution in [0.4, 0.5) is 0 Å². The van der Waals surface area contributed by atoms with Crippen molar-refractivity contribution in [2.75, 3.05) is 39.4 Å². The van der Waals surface area contributed by atoms with E-state index in [1.807, 2.05) is 43.0 Å². The van der Waals surface area contributed by atoms with Crippen LogP contribution in [-0.2, 0) is 11.3 Å². The lowest BCUT2D eigenvalue weighted by Crippen LogP contribution is -2.38. The van der Waals surface area contributed by atoms with Crippen molar-refractivity contribution in [2.24, 2.45) is 10.9 Å². The SMILES string of the molecule is CCNC(=NCc1ccc(C(=O)N(CC)CC)cc1)NCCCOCC1CC1.I. The zero-order valence-electron chi connectivity index (χ0n) is 18.1. The van der Waals surface area contributed by atoms with Gasteiger partial charge in [-0.1, -0.05) is 12.1 Å². The van der Waals surface area contributed by atoms with Crippen molar-refractivity contribution >= 4 is 35.8 Å². The highest BCUT2D eigenvalue weighted by molar-refractivity contribution is 14.0. The van der Waals surface area contributed by atoms with Crippen molar-refractivity contribution in [3.8, 4) is 0 Å². The molecule has 0 saturated heterocycles. The lowest BCUT2D eigenvalue weighted by molar-refractivity contribution is 0.0773. The average molecular weight is 516 g/mol. The third-order valence-corrected chi connectivity index (χ3v) is 4.82. The smallest absolute Gasteiger partial charge is 0.253 e. The maximum atomic E-state index is 12.4. The van der Waals surface area contributed by atoms with Gasteiger partial charge in [0.1, 0.15) is 0 Å². The van der Waals surface area contributed by atoms with E-state index in [0.717, 1.165) is 68.8 Å². The lowest BCUT2D eigenvalue weighted by atomic mass is 10.1. The number of hydrogen-bond acceptors (Lipinski definition) is 3. The predicted molar refractivity (Wildman–Crippen MR) is 130 cm³/mol. The highest BCUT2D eigenvalue weighted by Gasteiger charge is 2.20. The van der Waals surface area contributed by atoms with E-state index in [9.17, 15) is 4.79 Å². The molecule has 1 amide bonds. The number of carbonyl (C=O) groups is 1. The van der Waals surface area contributed by atoms with E-state index in [1.165, 1.54) is 12.8 Å². The Morgan fingerprint density at radius 3 is 2.41 bits per heavy atom. The van der Waals surface area contributed by atoms with Gasteiger partial charge in [0.25, 0.3) is 5.91 Å². The average Bonchev–Trinajstić information content (AvgIpc) is 3.54. The first-order valence-electron chi connectivity index (χ1n) is 10.7. The molecule has 2 N–H and O–H groups in total. The normalized spacial score (nSPS) is 13.6. The third-order valence-electron chi connectivity index (χ3n) is 4.82. The lowest BCUT2D eigenvalue weighted by Gasteiger charge is -2.18. The Morgan fingerprint density at radius 2 is 1.83 bits per heavy atom. The summed E-state index contributed by atoms with van der Waals surface area (Å²) in [6.45, 7) is 11.5.